The summed E-state index contributed by atoms with van der Waals surface area (Å²) in [5.41, 5.74) is 7.93. The summed E-state index contributed by atoms with van der Waals surface area (Å²) in [5, 5.41) is -1.49. The average molecular weight is 410 g/mol. The number of benzene rings is 2. The van der Waals surface area contributed by atoms with E-state index in [0.29, 0.717) is 16.7 Å². The van der Waals surface area contributed by atoms with E-state index < -0.39 is 28.6 Å². The molecule has 0 unspecified atom stereocenters. The van der Waals surface area contributed by atoms with E-state index in [4.69, 9.17) is 10.5 Å². The first kappa shape index (κ1) is 22.2. The molecule has 152 valence electrons. The molecule has 7 heteroatoms. The first-order valence-electron chi connectivity index (χ1n) is 9.12. The molecular weight excluding hydrogens is 383 g/mol. The Balaban J connectivity index is 2.76. The van der Waals surface area contributed by atoms with Gasteiger partial charge in [0, 0.05) is 26.5 Å². The van der Waals surface area contributed by atoms with Gasteiger partial charge in [-0.1, -0.05) is 6.07 Å². The first-order valence-corrected chi connectivity index (χ1v) is 10.1. The Hall–Kier alpha value is -2.12. The minimum Gasteiger partial charge on any atom is -0.466 e. The van der Waals surface area contributed by atoms with Gasteiger partial charge >= 0.3 is 5.97 Å². The molecular formula is C21H26F3NO2Si. The minimum atomic E-state index is -1.49. The van der Waals surface area contributed by atoms with Crippen LogP contribution in [0.15, 0.2) is 12.1 Å². The standard InChI is InChI=1S/C21H26F3NO2Si/c1-6-27-15(26)9-21(25,28)17-19(23)12(4)8-14(20(17)24)16-10(2)7-11(3)18(22)13(16)5/h7-8H,6,9,25H2,1-5,28H3/t21-/m0/s1. The summed E-state index contributed by atoms with van der Waals surface area (Å²) in [6, 6.07) is 2.99. The lowest BCUT2D eigenvalue weighted by Crippen LogP contribution is -2.42. The molecule has 0 heterocycles. The molecule has 0 saturated carbocycles. The Morgan fingerprint density at radius 3 is 2.18 bits per heavy atom. The van der Waals surface area contributed by atoms with Crippen molar-refractivity contribution >= 4 is 16.2 Å². The molecule has 0 aliphatic rings. The highest BCUT2D eigenvalue weighted by Gasteiger charge is 2.34. The molecule has 1 atom stereocenters. The monoisotopic (exact) mass is 409 g/mol. The van der Waals surface area contributed by atoms with Gasteiger partial charge in [-0.25, -0.2) is 13.2 Å². The van der Waals surface area contributed by atoms with E-state index in [1.54, 1.807) is 33.8 Å². The highest BCUT2D eigenvalue weighted by atomic mass is 28.1. The Morgan fingerprint density at radius 2 is 1.61 bits per heavy atom. The third-order valence-corrected chi connectivity index (χ3v) is 5.77. The Kier molecular flexibility index (Phi) is 6.40. The molecule has 2 N–H and O–H groups in total. The van der Waals surface area contributed by atoms with Crippen molar-refractivity contribution in [2.75, 3.05) is 6.61 Å². The smallest absolute Gasteiger partial charge is 0.307 e. The maximum atomic E-state index is 15.6. The number of aryl methyl sites for hydroxylation is 3. The van der Waals surface area contributed by atoms with Gasteiger partial charge in [-0.15, -0.1) is 0 Å². The lowest BCUT2D eigenvalue weighted by Gasteiger charge is -2.27. The van der Waals surface area contributed by atoms with E-state index in [-0.39, 0.29) is 45.5 Å². The van der Waals surface area contributed by atoms with E-state index in [0.717, 1.165) is 0 Å². The predicted molar refractivity (Wildman–Crippen MR) is 108 cm³/mol. The van der Waals surface area contributed by atoms with E-state index in [1.165, 1.54) is 13.0 Å². The first-order chi connectivity index (χ1) is 12.9. The van der Waals surface area contributed by atoms with E-state index >= 15 is 4.39 Å². The number of halogens is 3. The summed E-state index contributed by atoms with van der Waals surface area (Å²) < 4.78 is 49.8. The van der Waals surface area contributed by atoms with Gasteiger partial charge in [0.1, 0.15) is 17.5 Å². The van der Waals surface area contributed by atoms with E-state index in [2.05, 4.69) is 0 Å². The Labute approximate surface area is 166 Å². The van der Waals surface area contributed by atoms with Gasteiger partial charge in [0.05, 0.1) is 13.0 Å². The zero-order chi connectivity index (χ0) is 21.4. The van der Waals surface area contributed by atoms with Crippen molar-refractivity contribution in [2.45, 2.75) is 46.2 Å². The quantitative estimate of drug-likeness (QED) is 0.608. The van der Waals surface area contributed by atoms with Gasteiger partial charge in [-0.2, -0.15) is 0 Å². The molecule has 0 fully saturated rings. The minimum absolute atomic E-state index is 0.0809. The van der Waals surface area contributed by atoms with Gasteiger partial charge in [0.15, 0.2) is 0 Å². The zero-order valence-corrected chi connectivity index (χ0v) is 19.1. The second-order valence-electron chi connectivity index (χ2n) is 7.47. The maximum absolute atomic E-state index is 15.6. The summed E-state index contributed by atoms with van der Waals surface area (Å²) in [6.07, 6.45) is -0.329. The summed E-state index contributed by atoms with van der Waals surface area (Å²) >= 11 is 0. The van der Waals surface area contributed by atoms with E-state index in [1.807, 2.05) is 0 Å². The molecule has 0 aromatic heterocycles. The molecule has 0 amide bonds. The van der Waals surface area contributed by atoms with Crippen molar-refractivity contribution in [3.8, 4) is 11.1 Å². The van der Waals surface area contributed by atoms with Crippen molar-refractivity contribution in [3.05, 3.63) is 57.4 Å². The number of esters is 1. The topological polar surface area (TPSA) is 52.3 Å². The van der Waals surface area contributed by atoms with Gasteiger partial charge < -0.3 is 10.5 Å². The van der Waals surface area contributed by atoms with Crippen LogP contribution in [0, 0.1) is 45.1 Å². The number of hydrogen-bond donors (Lipinski definition) is 1. The molecule has 28 heavy (non-hydrogen) atoms. The van der Waals surface area contributed by atoms with Gasteiger partial charge in [0.2, 0.25) is 0 Å². The summed E-state index contributed by atoms with van der Waals surface area (Å²) in [4.78, 5) is 11.9. The van der Waals surface area contributed by atoms with Crippen molar-refractivity contribution in [2.24, 2.45) is 5.73 Å². The molecule has 3 nitrogen and oxygen atoms in total. The molecule has 0 saturated heterocycles. The second-order valence-corrected chi connectivity index (χ2v) is 9.25. The van der Waals surface area contributed by atoms with E-state index in [9.17, 15) is 13.6 Å². The molecule has 2 aromatic rings. The van der Waals surface area contributed by atoms with Crippen LogP contribution in [0.5, 0.6) is 0 Å². The van der Waals surface area contributed by atoms with Crippen molar-refractivity contribution in [1.82, 2.24) is 0 Å². The predicted octanol–water partition coefficient (Wildman–Crippen LogP) is 3.43. The molecule has 0 aliphatic heterocycles. The van der Waals surface area contributed by atoms with Crippen LogP contribution in [0.25, 0.3) is 11.1 Å². The largest absolute Gasteiger partial charge is 0.466 e. The lowest BCUT2D eigenvalue weighted by molar-refractivity contribution is -0.143. The average Bonchev–Trinajstić information content (AvgIpc) is 2.57. The van der Waals surface area contributed by atoms with Crippen molar-refractivity contribution < 1.29 is 22.7 Å². The Bertz CT molecular complexity index is 942. The summed E-state index contributed by atoms with van der Waals surface area (Å²) in [5.74, 6) is -2.69. The van der Waals surface area contributed by atoms with Gasteiger partial charge in [0.25, 0.3) is 0 Å². The number of hydrogen-bond acceptors (Lipinski definition) is 3. The highest BCUT2D eigenvalue weighted by molar-refractivity contribution is 6.17. The number of nitrogens with two attached hydrogens (primary N) is 1. The number of ether oxygens (including phenoxy) is 1. The normalized spacial score (nSPS) is 13.5. The zero-order valence-electron chi connectivity index (χ0n) is 17.1. The third-order valence-electron chi connectivity index (χ3n) is 4.92. The number of carbonyl (C=O) groups excluding carboxylic acids is 1. The SMILES string of the molecule is CCOC(=O)C[C@](N)([SiH3])c1c(F)c(C)cc(-c2c(C)cc(C)c(F)c2C)c1F. The molecule has 0 spiro atoms. The Morgan fingerprint density at radius 1 is 1.04 bits per heavy atom. The molecule has 0 aliphatic carbocycles. The summed E-state index contributed by atoms with van der Waals surface area (Å²) in [6.45, 7) is 8.25. The van der Waals surface area contributed by atoms with Gasteiger partial charge in [-0.3, -0.25) is 4.79 Å². The van der Waals surface area contributed by atoms with Gasteiger partial charge in [-0.05, 0) is 68.5 Å². The highest BCUT2D eigenvalue weighted by Crippen LogP contribution is 2.38. The van der Waals surface area contributed by atoms with Crippen LogP contribution in [-0.2, 0) is 14.7 Å². The summed E-state index contributed by atoms with van der Waals surface area (Å²) in [7, 11) is 0.112. The third kappa shape index (κ3) is 4.00. The van der Waals surface area contributed by atoms with Crippen LogP contribution < -0.4 is 5.73 Å². The number of rotatable bonds is 5. The van der Waals surface area contributed by atoms with Crippen LogP contribution in [0.4, 0.5) is 13.2 Å². The van der Waals surface area contributed by atoms with Crippen LogP contribution in [-0.4, -0.2) is 22.8 Å². The van der Waals surface area contributed by atoms with Crippen molar-refractivity contribution in [3.63, 3.8) is 0 Å². The molecule has 0 radical (unpaired) electrons. The second kappa shape index (κ2) is 8.09. The van der Waals surface area contributed by atoms with Crippen LogP contribution in [0.3, 0.4) is 0 Å². The fourth-order valence-corrected chi connectivity index (χ4v) is 4.36. The fourth-order valence-electron chi connectivity index (χ4n) is 3.63. The maximum Gasteiger partial charge on any atom is 0.307 e. The van der Waals surface area contributed by atoms with Crippen LogP contribution >= 0.6 is 0 Å². The molecule has 2 rings (SSSR count). The molecule has 0 bridgehead atoms. The fraction of sp³-hybridized carbons (Fsp3) is 0.381. The molecule has 2 aromatic carbocycles. The lowest BCUT2D eigenvalue weighted by atomic mass is 9.88. The van der Waals surface area contributed by atoms with Crippen molar-refractivity contribution in [1.29, 1.82) is 0 Å². The van der Waals surface area contributed by atoms with Crippen LogP contribution in [0.1, 0.15) is 41.2 Å². The number of carbonyl (C=O) groups is 1. The van der Waals surface area contributed by atoms with Crippen LogP contribution in [0.2, 0.25) is 0 Å².